The van der Waals surface area contributed by atoms with Gasteiger partial charge in [-0.2, -0.15) is 0 Å². The lowest BCUT2D eigenvalue weighted by Crippen LogP contribution is -2.36. The molecule has 4 atom stereocenters. The van der Waals surface area contributed by atoms with Gasteiger partial charge in [0.05, 0.1) is 25.3 Å². The summed E-state index contributed by atoms with van der Waals surface area (Å²) in [6.45, 7) is 3.28. The molecule has 1 aliphatic rings. The molecule has 0 unspecified atom stereocenters. The highest BCUT2D eigenvalue weighted by Gasteiger charge is 2.28. The third-order valence-corrected chi connectivity index (χ3v) is 4.45. The zero-order valence-corrected chi connectivity index (χ0v) is 15.7. The number of carbonyl (C=O) groups excluding carboxylic acids is 3. The Balaban J connectivity index is 2.50. The number of aliphatic hydroxyl groups is 2. The minimum Gasteiger partial charge on any atom is -0.507 e. The number of phenols is 1. The predicted molar refractivity (Wildman–Crippen MR) is 98.1 cm³/mol. The molecule has 1 amide bonds. The van der Waals surface area contributed by atoms with E-state index in [0.29, 0.717) is 0 Å². The maximum atomic E-state index is 12.6. The van der Waals surface area contributed by atoms with Gasteiger partial charge in [0.25, 0.3) is 0 Å². The molecule has 9 nitrogen and oxygen atoms in total. The van der Waals surface area contributed by atoms with Crippen molar-refractivity contribution < 1.29 is 39.2 Å². The summed E-state index contributed by atoms with van der Waals surface area (Å²) in [4.78, 5) is 36.8. The first-order valence-electron chi connectivity index (χ1n) is 8.64. The van der Waals surface area contributed by atoms with Crippen LogP contribution in [0.15, 0.2) is 24.3 Å². The van der Waals surface area contributed by atoms with Gasteiger partial charge in [-0.15, -0.1) is 0 Å². The quantitative estimate of drug-likeness (QED) is 0.513. The van der Waals surface area contributed by atoms with Crippen LogP contribution in [0.5, 0.6) is 11.5 Å². The molecule has 1 aromatic carbocycles. The highest BCUT2D eigenvalue weighted by Crippen LogP contribution is 2.33. The van der Waals surface area contributed by atoms with Gasteiger partial charge in [-0.3, -0.25) is 9.59 Å². The average Bonchev–Trinajstić information content (AvgIpc) is 2.63. The van der Waals surface area contributed by atoms with E-state index >= 15 is 0 Å². The third kappa shape index (κ3) is 4.87. The molecule has 2 rings (SSSR count). The number of cyclic esters (lactones) is 1. The molecular formula is C19H23NO8. The van der Waals surface area contributed by atoms with Crippen molar-refractivity contribution in [2.45, 2.75) is 38.6 Å². The van der Waals surface area contributed by atoms with Crippen molar-refractivity contribution in [1.82, 2.24) is 0 Å². The largest absolute Gasteiger partial charge is 0.507 e. The SMILES string of the molecule is COc1cc(O)c2c(c1)NC(=O)C[C@H](O)[C@H](O)C(=O)/C=C\[C@@H](C)[C@H](C)OC2=O. The Kier molecular flexibility index (Phi) is 6.76. The molecule has 1 heterocycles. The van der Waals surface area contributed by atoms with E-state index in [1.54, 1.807) is 13.8 Å². The summed E-state index contributed by atoms with van der Waals surface area (Å²) in [5.74, 6) is -3.14. The molecule has 0 aromatic heterocycles. The highest BCUT2D eigenvalue weighted by molar-refractivity contribution is 6.04. The van der Waals surface area contributed by atoms with Crippen LogP contribution < -0.4 is 10.1 Å². The van der Waals surface area contributed by atoms with Gasteiger partial charge in [0, 0.05) is 18.1 Å². The van der Waals surface area contributed by atoms with Crippen LogP contribution in [0.4, 0.5) is 5.69 Å². The molecule has 0 saturated carbocycles. The van der Waals surface area contributed by atoms with E-state index in [9.17, 15) is 29.7 Å². The zero-order valence-electron chi connectivity index (χ0n) is 15.7. The van der Waals surface area contributed by atoms with Crippen LogP contribution in [0.3, 0.4) is 0 Å². The number of esters is 1. The summed E-state index contributed by atoms with van der Waals surface area (Å²) in [5, 5.41) is 32.5. The van der Waals surface area contributed by atoms with Crippen LogP contribution in [0, 0.1) is 5.92 Å². The van der Waals surface area contributed by atoms with E-state index in [1.165, 1.54) is 25.3 Å². The summed E-state index contributed by atoms with van der Waals surface area (Å²) in [7, 11) is 1.34. The van der Waals surface area contributed by atoms with Gasteiger partial charge >= 0.3 is 5.97 Å². The number of rotatable bonds is 1. The number of hydrogen-bond acceptors (Lipinski definition) is 8. The molecule has 152 valence electrons. The number of aliphatic hydroxyl groups excluding tert-OH is 2. The number of carbonyl (C=O) groups is 3. The van der Waals surface area contributed by atoms with Gasteiger partial charge in [-0.05, 0) is 13.0 Å². The number of ketones is 1. The fourth-order valence-corrected chi connectivity index (χ4v) is 2.56. The Hall–Kier alpha value is -2.91. The molecule has 0 fully saturated rings. The first kappa shape index (κ1) is 21.4. The number of hydrogen-bond donors (Lipinski definition) is 4. The molecule has 0 radical (unpaired) electrons. The molecule has 28 heavy (non-hydrogen) atoms. The summed E-state index contributed by atoms with van der Waals surface area (Å²) >= 11 is 0. The van der Waals surface area contributed by atoms with E-state index in [2.05, 4.69) is 5.32 Å². The lowest BCUT2D eigenvalue weighted by atomic mass is 10.0. The van der Waals surface area contributed by atoms with Crippen LogP contribution in [-0.4, -0.2) is 58.4 Å². The molecule has 0 aliphatic carbocycles. The normalized spacial score (nSPS) is 27.8. The highest BCUT2D eigenvalue weighted by atomic mass is 16.5. The number of fused-ring (bicyclic) bond motifs is 1. The number of benzene rings is 1. The van der Waals surface area contributed by atoms with E-state index in [-0.39, 0.29) is 17.0 Å². The maximum absolute atomic E-state index is 12.6. The summed E-state index contributed by atoms with van der Waals surface area (Å²) < 4.78 is 10.4. The Bertz CT molecular complexity index is 803. The van der Waals surface area contributed by atoms with Crippen LogP contribution in [0.2, 0.25) is 0 Å². The molecule has 1 aromatic rings. The molecular weight excluding hydrogens is 370 g/mol. The van der Waals surface area contributed by atoms with Gasteiger partial charge < -0.3 is 30.1 Å². The Morgan fingerprint density at radius 2 is 1.86 bits per heavy atom. The van der Waals surface area contributed by atoms with Crippen molar-refractivity contribution in [2.24, 2.45) is 5.92 Å². The van der Waals surface area contributed by atoms with E-state index in [4.69, 9.17) is 9.47 Å². The summed E-state index contributed by atoms with van der Waals surface area (Å²) in [6, 6.07) is 2.50. The second-order valence-corrected chi connectivity index (χ2v) is 6.56. The molecule has 0 spiro atoms. The average molecular weight is 393 g/mol. The van der Waals surface area contributed by atoms with Crippen molar-refractivity contribution in [2.75, 3.05) is 12.4 Å². The fourth-order valence-electron chi connectivity index (χ4n) is 2.56. The van der Waals surface area contributed by atoms with Gasteiger partial charge in [0.15, 0.2) is 5.78 Å². The zero-order chi connectivity index (χ0) is 21.0. The number of nitrogens with one attached hydrogen (secondary N) is 1. The smallest absolute Gasteiger partial charge is 0.344 e. The van der Waals surface area contributed by atoms with Crippen molar-refractivity contribution in [3.05, 3.63) is 29.8 Å². The van der Waals surface area contributed by atoms with Gasteiger partial charge in [-0.1, -0.05) is 13.0 Å². The molecule has 9 heteroatoms. The number of aromatic hydroxyl groups is 1. The maximum Gasteiger partial charge on any atom is 0.344 e. The topological polar surface area (TPSA) is 142 Å². The Morgan fingerprint density at radius 1 is 1.18 bits per heavy atom. The lowest BCUT2D eigenvalue weighted by molar-refractivity contribution is -0.130. The molecule has 0 bridgehead atoms. The van der Waals surface area contributed by atoms with Crippen LogP contribution in [0.25, 0.3) is 0 Å². The minimum atomic E-state index is -1.78. The van der Waals surface area contributed by atoms with E-state index in [0.717, 1.165) is 6.08 Å². The van der Waals surface area contributed by atoms with Crippen molar-refractivity contribution in [3.63, 3.8) is 0 Å². The van der Waals surface area contributed by atoms with Crippen molar-refractivity contribution >= 4 is 23.3 Å². The second-order valence-electron chi connectivity index (χ2n) is 6.56. The van der Waals surface area contributed by atoms with Crippen molar-refractivity contribution in [3.8, 4) is 11.5 Å². The number of phenolic OH excluding ortho intramolecular Hbond substituents is 1. The number of amides is 1. The summed E-state index contributed by atoms with van der Waals surface area (Å²) in [6.07, 6.45) is -2.24. The van der Waals surface area contributed by atoms with Gasteiger partial charge in [-0.25, -0.2) is 4.79 Å². The summed E-state index contributed by atoms with van der Waals surface area (Å²) in [5.41, 5.74) is -0.368. The van der Waals surface area contributed by atoms with Gasteiger partial charge in [0.2, 0.25) is 5.91 Å². The fraction of sp³-hybridized carbons (Fsp3) is 0.421. The predicted octanol–water partition coefficient (Wildman–Crippen LogP) is 0.771. The number of anilines is 1. The van der Waals surface area contributed by atoms with Crippen molar-refractivity contribution in [1.29, 1.82) is 0 Å². The Morgan fingerprint density at radius 3 is 2.50 bits per heavy atom. The van der Waals surface area contributed by atoms with Crippen LogP contribution in [-0.2, 0) is 14.3 Å². The van der Waals surface area contributed by atoms with E-state index < -0.39 is 54.1 Å². The molecule has 4 N–H and O–H groups in total. The van der Waals surface area contributed by atoms with Crippen LogP contribution >= 0.6 is 0 Å². The second kappa shape index (κ2) is 8.85. The number of ether oxygens (including phenoxy) is 2. The first-order valence-corrected chi connectivity index (χ1v) is 8.64. The first-order chi connectivity index (χ1) is 13.1. The molecule has 0 saturated heterocycles. The standard InChI is InChI=1S/C19H23NO8/c1-9-4-5-13(21)18(25)15(23)8-16(24)20-12-6-11(27-3)7-14(22)17(12)19(26)28-10(9)2/h4-7,9-10,15,18,22-23,25H,8H2,1-3H3,(H,20,24)/b5-4-/t9-,10+,15+,18-/m1/s1. The third-order valence-electron chi connectivity index (χ3n) is 4.45. The monoisotopic (exact) mass is 393 g/mol. The van der Waals surface area contributed by atoms with Crippen LogP contribution in [0.1, 0.15) is 30.6 Å². The number of methoxy groups -OCH3 is 1. The lowest BCUT2D eigenvalue weighted by Gasteiger charge is -2.21. The molecule has 1 aliphatic heterocycles. The van der Waals surface area contributed by atoms with E-state index in [1.807, 2.05) is 0 Å². The Labute approximate surface area is 161 Å². The minimum absolute atomic E-state index is 0.0904. The van der Waals surface area contributed by atoms with Gasteiger partial charge in [0.1, 0.15) is 29.3 Å².